The van der Waals surface area contributed by atoms with Crippen LogP contribution < -0.4 is 0 Å². The molecule has 20 heavy (non-hydrogen) atoms. The predicted octanol–water partition coefficient (Wildman–Crippen LogP) is 3.97. The Morgan fingerprint density at radius 1 is 1.10 bits per heavy atom. The highest BCUT2D eigenvalue weighted by Gasteiger charge is 2.16. The Morgan fingerprint density at radius 2 is 1.70 bits per heavy atom. The second-order valence-corrected chi connectivity index (χ2v) is 5.32. The molecule has 0 atom stereocenters. The molecule has 0 bridgehead atoms. The van der Waals surface area contributed by atoms with E-state index >= 15 is 0 Å². The molecule has 3 nitrogen and oxygen atoms in total. The molecule has 0 aromatic heterocycles. The molecule has 5 heteroatoms. The summed E-state index contributed by atoms with van der Waals surface area (Å²) in [5.41, 5.74) is 1.14. The van der Waals surface area contributed by atoms with Crippen molar-refractivity contribution >= 4 is 29.1 Å². The first kappa shape index (κ1) is 14.7. The van der Waals surface area contributed by atoms with Gasteiger partial charge in [-0.05, 0) is 35.9 Å². The highest BCUT2D eigenvalue weighted by Crippen LogP contribution is 2.23. The van der Waals surface area contributed by atoms with Crippen LogP contribution in [-0.4, -0.2) is 23.0 Å². The van der Waals surface area contributed by atoms with Crippen molar-refractivity contribution < 1.29 is 9.90 Å². The van der Waals surface area contributed by atoms with Crippen LogP contribution in [0.1, 0.15) is 15.9 Å². The summed E-state index contributed by atoms with van der Waals surface area (Å²) in [5.74, 6) is -0.373. The van der Waals surface area contributed by atoms with Gasteiger partial charge in [-0.3, -0.25) is 4.79 Å². The molecule has 0 unspecified atom stereocenters. The summed E-state index contributed by atoms with van der Waals surface area (Å²) in [6, 6.07) is 11.6. The SMILES string of the molecule is CN(Cc1ccc(Cl)cc1)C(=O)c1cc(Cl)ccc1O. The molecule has 2 aromatic rings. The van der Waals surface area contributed by atoms with Crippen LogP contribution in [0, 0.1) is 0 Å². The predicted molar refractivity (Wildman–Crippen MR) is 80.4 cm³/mol. The third kappa shape index (κ3) is 3.44. The molecule has 2 aromatic carbocycles. The van der Waals surface area contributed by atoms with Gasteiger partial charge in [-0.1, -0.05) is 35.3 Å². The summed E-state index contributed by atoms with van der Waals surface area (Å²) >= 11 is 11.7. The van der Waals surface area contributed by atoms with Crippen LogP contribution >= 0.6 is 23.2 Å². The van der Waals surface area contributed by atoms with Gasteiger partial charge >= 0.3 is 0 Å². The smallest absolute Gasteiger partial charge is 0.257 e. The van der Waals surface area contributed by atoms with E-state index in [2.05, 4.69) is 0 Å². The number of amides is 1. The molecule has 1 amide bonds. The molecular weight excluding hydrogens is 297 g/mol. The first-order valence-electron chi connectivity index (χ1n) is 5.96. The fourth-order valence-corrected chi connectivity index (χ4v) is 2.12. The minimum atomic E-state index is -0.292. The van der Waals surface area contributed by atoms with E-state index in [0.29, 0.717) is 16.6 Å². The zero-order valence-corrected chi connectivity index (χ0v) is 12.3. The van der Waals surface area contributed by atoms with Crippen molar-refractivity contribution in [2.75, 3.05) is 7.05 Å². The van der Waals surface area contributed by atoms with Gasteiger partial charge in [-0.25, -0.2) is 0 Å². The maximum atomic E-state index is 12.3. The lowest BCUT2D eigenvalue weighted by Crippen LogP contribution is -2.26. The molecule has 0 fully saturated rings. The van der Waals surface area contributed by atoms with Crippen LogP contribution in [-0.2, 0) is 6.54 Å². The molecule has 0 heterocycles. The maximum Gasteiger partial charge on any atom is 0.257 e. The molecule has 0 saturated heterocycles. The summed E-state index contributed by atoms with van der Waals surface area (Å²) in [7, 11) is 1.66. The summed E-state index contributed by atoms with van der Waals surface area (Å²) in [6.45, 7) is 0.419. The Kier molecular flexibility index (Phi) is 4.53. The number of carbonyl (C=O) groups excluding carboxylic acids is 1. The standard InChI is InChI=1S/C15H13Cl2NO2/c1-18(9-10-2-4-11(16)5-3-10)15(20)13-8-12(17)6-7-14(13)19/h2-8,19H,9H2,1H3. The number of halogens is 2. The van der Waals surface area contributed by atoms with Crippen molar-refractivity contribution in [3.8, 4) is 5.75 Å². The summed E-state index contributed by atoms with van der Waals surface area (Å²) in [4.78, 5) is 13.8. The van der Waals surface area contributed by atoms with E-state index in [1.165, 1.54) is 23.1 Å². The van der Waals surface area contributed by atoms with Gasteiger partial charge in [0.2, 0.25) is 0 Å². The molecule has 2 rings (SSSR count). The Labute approximate surface area is 127 Å². The number of rotatable bonds is 3. The molecule has 0 aliphatic carbocycles. The second kappa shape index (κ2) is 6.16. The van der Waals surface area contributed by atoms with E-state index in [1.54, 1.807) is 19.2 Å². The van der Waals surface area contributed by atoms with Crippen molar-refractivity contribution in [2.45, 2.75) is 6.54 Å². The number of benzene rings is 2. The molecule has 1 N–H and O–H groups in total. The van der Waals surface area contributed by atoms with Crippen LogP contribution in [0.25, 0.3) is 0 Å². The fraction of sp³-hybridized carbons (Fsp3) is 0.133. The van der Waals surface area contributed by atoms with E-state index in [1.807, 2.05) is 12.1 Å². The van der Waals surface area contributed by atoms with Crippen molar-refractivity contribution in [3.05, 3.63) is 63.6 Å². The van der Waals surface area contributed by atoms with E-state index in [4.69, 9.17) is 23.2 Å². The largest absolute Gasteiger partial charge is 0.507 e. The van der Waals surface area contributed by atoms with Gasteiger partial charge in [0.25, 0.3) is 5.91 Å². The van der Waals surface area contributed by atoms with Gasteiger partial charge in [0.15, 0.2) is 0 Å². The van der Waals surface area contributed by atoms with Crippen LogP contribution in [0.4, 0.5) is 0 Å². The minimum absolute atomic E-state index is 0.0812. The zero-order chi connectivity index (χ0) is 14.7. The Bertz CT molecular complexity index is 626. The van der Waals surface area contributed by atoms with Crippen LogP contribution in [0.5, 0.6) is 5.75 Å². The maximum absolute atomic E-state index is 12.3. The molecule has 104 valence electrons. The van der Waals surface area contributed by atoms with Gasteiger partial charge < -0.3 is 10.0 Å². The lowest BCUT2D eigenvalue weighted by Gasteiger charge is -2.18. The van der Waals surface area contributed by atoms with E-state index in [0.717, 1.165) is 5.56 Å². The van der Waals surface area contributed by atoms with Gasteiger partial charge in [0.1, 0.15) is 5.75 Å². The number of aromatic hydroxyl groups is 1. The normalized spacial score (nSPS) is 10.3. The number of phenols is 1. The topological polar surface area (TPSA) is 40.5 Å². The average molecular weight is 310 g/mol. The number of hydrogen-bond donors (Lipinski definition) is 1. The van der Waals surface area contributed by atoms with Crippen molar-refractivity contribution in [1.29, 1.82) is 0 Å². The van der Waals surface area contributed by atoms with E-state index in [-0.39, 0.29) is 17.2 Å². The monoisotopic (exact) mass is 309 g/mol. The van der Waals surface area contributed by atoms with Gasteiger partial charge in [-0.15, -0.1) is 0 Å². The van der Waals surface area contributed by atoms with Crippen molar-refractivity contribution in [3.63, 3.8) is 0 Å². The number of phenolic OH excluding ortho intramolecular Hbond substituents is 1. The van der Waals surface area contributed by atoms with Crippen LogP contribution in [0.2, 0.25) is 10.0 Å². The summed E-state index contributed by atoms with van der Waals surface area (Å²) in [5, 5.41) is 10.8. The third-order valence-corrected chi connectivity index (χ3v) is 3.36. The second-order valence-electron chi connectivity index (χ2n) is 4.45. The van der Waals surface area contributed by atoms with E-state index < -0.39 is 0 Å². The summed E-state index contributed by atoms with van der Waals surface area (Å²) in [6.07, 6.45) is 0. The number of hydrogen-bond acceptors (Lipinski definition) is 2. The van der Waals surface area contributed by atoms with Crippen LogP contribution in [0.3, 0.4) is 0 Å². The highest BCUT2D eigenvalue weighted by atomic mass is 35.5. The Morgan fingerprint density at radius 3 is 2.35 bits per heavy atom. The Hall–Kier alpha value is -1.71. The van der Waals surface area contributed by atoms with Gasteiger partial charge in [0, 0.05) is 23.6 Å². The quantitative estimate of drug-likeness (QED) is 0.932. The third-order valence-electron chi connectivity index (χ3n) is 2.87. The molecule has 0 spiro atoms. The number of nitrogens with zero attached hydrogens (tertiary/aromatic N) is 1. The zero-order valence-electron chi connectivity index (χ0n) is 10.8. The van der Waals surface area contributed by atoms with Crippen molar-refractivity contribution in [2.24, 2.45) is 0 Å². The average Bonchev–Trinajstić information content (AvgIpc) is 2.43. The lowest BCUT2D eigenvalue weighted by atomic mass is 10.1. The van der Waals surface area contributed by atoms with Gasteiger partial charge in [0.05, 0.1) is 5.56 Å². The van der Waals surface area contributed by atoms with Gasteiger partial charge in [-0.2, -0.15) is 0 Å². The first-order valence-corrected chi connectivity index (χ1v) is 6.71. The number of carbonyl (C=O) groups is 1. The van der Waals surface area contributed by atoms with E-state index in [9.17, 15) is 9.90 Å². The van der Waals surface area contributed by atoms with Crippen LogP contribution in [0.15, 0.2) is 42.5 Å². The molecule has 0 radical (unpaired) electrons. The molecule has 0 saturated carbocycles. The Balaban J connectivity index is 2.16. The highest BCUT2D eigenvalue weighted by molar-refractivity contribution is 6.31. The lowest BCUT2D eigenvalue weighted by molar-refractivity contribution is 0.0782. The van der Waals surface area contributed by atoms with Crippen molar-refractivity contribution in [1.82, 2.24) is 4.90 Å². The molecule has 0 aliphatic rings. The fourth-order valence-electron chi connectivity index (χ4n) is 1.82. The molecule has 0 aliphatic heterocycles. The minimum Gasteiger partial charge on any atom is -0.507 e. The molecular formula is C15H13Cl2NO2. The summed E-state index contributed by atoms with van der Waals surface area (Å²) < 4.78 is 0. The first-order chi connectivity index (χ1) is 9.47.